The van der Waals surface area contributed by atoms with Crippen molar-refractivity contribution in [1.29, 1.82) is 0 Å². The van der Waals surface area contributed by atoms with Gasteiger partial charge in [0, 0.05) is 12.6 Å². The second-order valence-corrected chi connectivity index (χ2v) is 10.6. The van der Waals surface area contributed by atoms with E-state index in [1.54, 1.807) is 17.5 Å². The number of nitrogens with zero attached hydrogens (tertiary/aromatic N) is 1. The zero-order chi connectivity index (χ0) is 24.0. The van der Waals surface area contributed by atoms with E-state index in [4.69, 9.17) is 0 Å². The van der Waals surface area contributed by atoms with Crippen molar-refractivity contribution in [1.82, 2.24) is 15.6 Å². The van der Waals surface area contributed by atoms with E-state index >= 15 is 0 Å². The molecule has 1 saturated carbocycles. The highest BCUT2D eigenvalue weighted by atomic mass is 32.1. The van der Waals surface area contributed by atoms with Gasteiger partial charge >= 0.3 is 5.97 Å². The van der Waals surface area contributed by atoms with Gasteiger partial charge in [0.2, 0.25) is 11.8 Å². The molecule has 2 atom stereocenters. The molecule has 2 amide bonds. The van der Waals surface area contributed by atoms with E-state index in [0.29, 0.717) is 30.7 Å². The summed E-state index contributed by atoms with van der Waals surface area (Å²) < 4.78 is 0. The van der Waals surface area contributed by atoms with Gasteiger partial charge in [0.25, 0.3) is 0 Å². The normalized spacial score (nSPS) is 16.8. The van der Waals surface area contributed by atoms with E-state index in [-0.39, 0.29) is 12.3 Å². The van der Waals surface area contributed by atoms with E-state index in [0.717, 1.165) is 23.4 Å². The van der Waals surface area contributed by atoms with Gasteiger partial charge in [-0.1, -0.05) is 38.8 Å². The molecule has 33 heavy (non-hydrogen) atoms. The molecule has 0 bridgehead atoms. The van der Waals surface area contributed by atoms with Crippen LogP contribution in [0.2, 0.25) is 0 Å². The lowest BCUT2D eigenvalue weighted by molar-refractivity contribution is -0.143. The number of aliphatic carboxylic acids is 1. The van der Waals surface area contributed by atoms with Gasteiger partial charge in [-0.2, -0.15) is 12.6 Å². The second kappa shape index (κ2) is 11.2. The number of carboxylic acid groups (broad SMARTS) is 1. The highest BCUT2D eigenvalue weighted by Gasteiger charge is 2.44. The van der Waals surface area contributed by atoms with Crippen molar-refractivity contribution >= 4 is 41.7 Å². The number of carbonyl (C=O) groups is 3. The first kappa shape index (κ1) is 25.2. The maximum Gasteiger partial charge on any atom is 0.326 e. The molecule has 3 N–H and O–H groups in total. The molecule has 0 radical (unpaired) electrons. The first-order chi connectivity index (χ1) is 15.7. The Morgan fingerprint density at radius 3 is 2.48 bits per heavy atom. The van der Waals surface area contributed by atoms with Crippen LogP contribution in [0.1, 0.15) is 51.5 Å². The van der Waals surface area contributed by atoms with Crippen molar-refractivity contribution in [2.75, 3.05) is 0 Å². The quantitative estimate of drug-likeness (QED) is 0.381. The smallest absolute Gasteiger partial charge is 0.326 e. The van der Waals surface area contributed by atoms with Gasteiger partial charge in [0.15, 0.2) is 0 Å². The van der Waals surface area contributed by atoms with Crippen molar-refractivity contribution < 1.29 is 19.5 Å². The van der Waals surface area contributed by atoms with Crippen molar-refractivity contribution in [3.8, 4) is 10.6 Å². The van der Waals surface area contributed by atoms with Gasteiger partial charge in [-0.15, -0.1) is 11.3 Å². The van der Waals surface area contributed by atoms with E-state index in [2.05, 4.69) is 28.2 Å². The number of thiol groups is 1. The Kier molecular flexibility index (Phi) is 8.53. The topological polar surface area (TPSA) is 108 Å². The zero-order valence-electron chi connectivity index (χ0n) is 18.9. The Labute approximate surface area is 203 Å². The Balaban J connectivity index is 1.68. The average molecular weight is 490 g/mol. The lowest BCUT2D eigenvalue weighted by atomic mass is 9.94. The maximum atomic E-state index is 13.2. The molecule has 1 aliphatic carbocycles. The third-order valence-electron chi connectivity index (χ3n) is 5.89. The highest BCUT2D eigenvalue weighted by molar-refractivity contribution is 7.81. The number of carbonyl (C=O) groups excluding carboxylic acids is 2. The molecule has 0 aliphatic heterocycles. The molecule has 1 aliphatic rings. The van der Waals surface area contributed by atoms with E-state index < -0.39 is 28.7 Å². The van der Waals surface area contributed by atoms with Gasteiger partial charge < -0.3 is 15.7 Å². The summed E-state index contributed by atoms with van der Waals surface area (Å²) in [6.07, 6.45) is 4.89. The van der Waals surface area contributed by atoms with Crippen LogP contribution in [0.5, 0.6) is 0 Å². The predicted octanol–water partition coefficient (Wildman–Crippen LogP) is 3.70. The number of hydrogen-bond acceptors (Lipinski definition) is 6. The molecule has 7 nitrogen and oxygen atoms in total. The summed E-state index contributed by atoms with van der Waals surface area (Å²) in [5.74, 6) is -1.57. The van der Waals surface area contributed by atoms with Gasteiger partial charge in [-0.25, -0.2) is 4.79 Å². The second-order valence-electron chi connectivity index (χ2n) is 9.02. The van der Waals surface area contributed by atoms with Crippen LogP contribution in [0.4, 0.5) is 0 Å². The summed E-state index contributed by atoms with van der Waals surface area (Å²) >= 11 is 5.98. The number of carboxylic acids is 1. The largest absolute Gasteiger partial charge is 0.480 e. The van der Waals surface area contributed by atoms with Gasteiger partial charge in [0.05, 0.1) is 15.8 Å². The molecule has 0 saturated heterocycles. The molecule has 3 rings (SSSR count). The number of amides is 2. The molecule has 0 aromatic carbocycles. The third-order valence-corrected chi connectivity index (χ3v) is 7.23. The Morgan fingerprint density at radius 2 is 1.94 bits per heavy atom. The molecular weight excluding hydrogens is 458 g/mol. The molecule has 1 fully saturated rings. The monoisotopic (exact) mass is 489 g/mol. The summed E-state index contributed by atoms with van der Waals surface area (Å²) in [5.41, 5.74) is 0.434. The molecule has 2 aromatic rings. The molecule has 2 aromatic heterocycles. The Morgan fingerprint density at radius 1 is 1.21 bits per heavy atom. The minimum atomic E-state index is -1.13. The Hall–Kier alpha value is -2.39. The number of rotatable bonds is 10. The standard InChI is InChI=1S/C24H31N3O4S2/c1-15(2)12-19(32)21(28)27-24(9-3-4-10-24)23(31)26-18(22(29)30)13-16-7-8-17(25-14-16)20-6-5-11-33-20/h5-8,11,14-15,18-19,32H,3-4,9-10,12-13H2,1-2H3,(H,26,31)(H,27,28)(H,29,30)/t18?,19-/m0/s1. The van der Waals surface area contributed by atoms with E-state index in [1.807, 2.05) is 43.5 Å². The molecular formula is C24H31N3O4S2. The summed E-state index contributed by atoms with van der Waals surface area (Å²) in [4.78, 5) is 43.3. The highest BCUT2D eigenvalue weighted by Crippen LogP contribution is 2.31. The van der Waals surface area contributed by atoms with Crippen LogP contribution in [-0.2, 0) is 20.8 Å². The van der Waals surface area contributed by atoms with Crippen LogP contribution in [0.25, 0.3) is 10.6 Å². The summed E-state index contributed by atoms with van der Waals surface area (Å²) in [6, 6.07) is 6.47. The summed E-state index contributed by atoms with van der Waals surface area (Å²) in [7, 11) is 0. The minimum absolute atomic E-state index is 0.103. The van der Waals surface area contributed by atoms with Gasteiger partial charge in [-0.05, 0) is 48.3 Å². The third kappa shape index (κ3) is 6.57. The zero-order valence-corrected chi connectivity index (χ0v) is 20.6. The van der Waals surface area contributed by atoms with Crippen LogP contribution >= 0.6 is 24.0 Å². The molecule has 1 unspecified atom stereocenters. The lowest BCUT2D eigenvalue weighted by Gasteiger charge is -2.31. The fourth-order valence-electron chi connectivity index (χ4n) is 4.11. The maximum absolute atomic E-state index is 13.2. The lowest BCUT2D eigenvalue weighted by Crippen LogP contribution is -2.61. The van der Waals surface area contributed by atoms with Crippen LogP contribution in [-0.4, -0.2) is 44.7 Å². The van der Waals surface area contributed by atoms with Crippen molar-refractivity contribution in [2.24, 2.45) is 5.92 Å². The van der Waals surface area contributed by atoms with Crippen molar-refractivity contribution in [3.05, 3.63) is 41.4 Å². The van der Waals surface area contributed by atoms with Crippen LogP contribution in [0.3, 0.4) is 0 Å². The summed E-state index contributed by atoms with van der Waals surface area (Å²) in [6.45, 7) is 4.02. The number of pyridine rings is 1. The van der Waals surface area contributed by atoms with E-state index in [9.17, 15) is 19.5 Å². The number of thiophene rings is 1. The predicted molar refractivity (Wildman–Crippen MR) is 132 cm³/mol. The van der Waals surface area contributed by atoms with Crippen molar-refractivity contribution in [2.45, 2.75) is 69.2 Å². The fraction of sp³-hybridized carbons (Fsp3) is 0.500. The van der Waals surface area contributed by atoms with Crippen LogP contribution < -0.4 is 10.6 Å². The van der Waals surface area contributed by atoms with Crippen molar-refractivity contribution in [3.63, 3.8) is 0 Å². The SMILES string of the molecule is CC(C)C[C@H](S)C(=O)NC1(C(=O)NC(Cc2ccc(-c3cccs3)nc2)C(=O)O)CCCC1. The van der Waals surface area contributed by atoms with Gasteiger partial charge in [-0.3, -0.25) is 14.6 Å². The van der Waals surface area contributed by atoms with Crippen LogP contribution in [0, 0.1) is 5.92 Å². The molecule has 0 spiro atoms. The molecule has 9 heteroatoms. The minimum Gasteiger partial charge on any atom is -0.480 e. The first-order valence-electron chi connectivity index (χ1n) is 11.2. The summed E-state index contributed by atoms with van der Waals surface area (Å²) in [5, 5.41) is 16.8. The first-order valence-corrected chi connectivity index (χ1v) is 12.6. The molecule has 178 valence electrons. The average Bonchev–Trinajstić information content (AvgIpc) is 3.46. The van der Waals surface area contributed by atoms with E-state index in [1.165, 1.54) is 0 Å². The number of aromatic nitrogens is 1. The number of nitrogens with one attached hydrogen (secondary N) is 2. The number of hydrogen-bond donors (Lipinski definition) is 4. The molecule has 2 heterocycles. The Bertz CT molecular complexity index is 955. The van der Waals surface area contributed by atoms with Gasteiger partial charge in [0.1, 0.15) is 11.6 Å². The van der Waals surface area contributed by atoms with Crippen LogP contribution in [0.15, 0.2) is 35.8 Å². The fourth-order valence-corrected chi connectivity index (χ4v) is 5.30.